The van der Waals surface area contributed by atoms with Crippen molar-refractivity contribution in [1.82, 2.24) is 15.1 Å². The molecule has 0 radical (unpaired) electrons. The molecule has 0 amide bonds. The van der Waals surface area contributed by atoms with Crippen molar-refractivity contribution in [3.05, 3.63) is 71.2 Å². The van der Waals surface area contributed by atoms with Crippen LogP contribution in [0.3, 0.4) is 0 Å². The average molecular weight is 365 g/mol. The monoisotopic (exact) mass is 365 g/mol. The Labute approximate surface area is 159 Å². The highest BCUT2D eigenvalue weighted by atomic mass is 19.1. The van der Waals surface area contributed by atoms with Gasteiger partial charge in [-0.05, 0) is 54.7 Å². The van der Waals surface area contributed by atoms with Crippen LogP contribution in [0.4, 0.5) is 4.39 Å². The third kappa shape index (κ3) is 3.35. The van der Waals surface area contributed by atoms with Gasteiger partial charge in [-0.25, -0.2) is 4.39 Å². The molecule has 2 aromatic carbocycles. The summed E-state index contributed by atoms with van der Waals surface area (Å²) in [6.07, 6.45) is 1.82. The fraction of sp³-hybridized carbons (Fsp3) is 0.318. The van der Waals surface area contributed by atoms with Crippen LogP contribution in [-0.2, 0) is 13.5 Å². The standard InChI is InChI=1S/C22H24FN3O/c1-14(20-13-21(26(2)25-20)15-7-5-4-6-8-15)24-19-10-9-16-11-18(23)22(27-3)12-17(16)19/h4-8,11-14,19,24H,9-10H2,1-3H3. The second-order valence-corrected chi connectivity index (χ2v) is 7.11. The molecule has 0 fully saturated rings. The number of aryl methyl sites for hydroxylation is 2. The molecular formula is C22H24FN3O. The van der Waals surface area contributed by atoms with E-state index in [4.69, 9.17) is 9.84 Å². The number of methoxy groups -OCH3 is 1. The minimum absolute atomic E-state index is 0.0839. The van der Waals surface area contributed by atoms with Gasteiger partial charge >= 0.3 is 0 Å². The second-order valence-electron chi connectivity index (χ2n) is 7.11. The zero-order valence-corrected chi connectivity index (χ0v) is 15.9. The van der Waals surface area contributed by atoms with Crippen LogP contribution in [0.15, 0.2) is 48.5 Å². The summed E-state index contributed by atoms with van der Waals surface area (Å²) in [5, 5.41) is 8.36. The highest BCUT2D eigenvalue weighted by molar-refractivity contribution is 5.59. The van der Waals surface area contributed by atoms with E-state index in [0.717, 1.165) is 40.9 Å². The van der Waals surface area contributed by atoms with Crippen molar-refractivity contribution in [3.8, 4) is 17.0 Å². The maximum absolute atomic E-state index is 14.0. The van der Waals surface area contributed by atoms with Crippen molar-refractivity contribution >= 4 is 0 Å². The molecule has 1 N–H and O–H groups in total. The summed E-state index contributed by atoms with van der Waals surface area (Å²) < 4.78 is 21.0. The largest absolute Gasteiger partial charge is 0.494 e. The van der Waals surface area contributed by atoms with E-state index in [2.05, 4.69) is 30.4 Å². The van der Waals surface area contributed by atoms with Gasteiger partial charge in [-0.15, -0.1) is 0 Å². The Hall–Kier alpha value is -2.66. The molecule has 0 bridgehead atoms. The van der Waals surface area contributed by atoms with Crippen LogP contribution in [-0.4, -0.2) is 16.9 Å². The third-order valence-corrected chi connectivity index (χ3v) is 5.35. The van der Waals surface area contributed by atoms with Crippen molar-refractivity contribution in [2.45, 2.75) is 31.8 Å². The van der Waals surface area contributed by atoms with Crippen molar-refractivity contribution in [2.75, 3.05) is 7.11 Å². The quantitative estimate of drug-likeness (QED) is 0.720. The summed E-state index contributed by atoms with van der Waals surface area (Å²) in [6, 6.07) is 16.1. The average Bonchev–Trinajstić information content (AvgIpc) is 3.25. The number of nitrogens with one attached hydrogen (secondary N) is 1. The summed E-state index contributed by atoms with van der Waals surface area (Å²) >= 11 is 0. The molecule has 4 rings (SSSR count). The molecule has 5 heteroatoms. The Morgan fingerprint density at radius 3 is 2.74 bits per heavy atom. The highest BCUT2D eigenvalue weighted by Gasteiger charge is 2.27. The van der Waals surface area contributed by atoms with Crippen molar-refractivity contribution in [2.24, 2.45) is 7.05 Å². The first kappa shape index (κ1) is 17.7. The third-order valence-electron chi connectivity index (χ3n) is 5.35. The van der Waals surface area contributed by atoms with E-state index in [1.54, 1.807) is 6.07 Å². The van der Waals surface area contributed by atoms with Gasteiger partial charge in [0, 0.05) is 19.1 Å². The van der Waals surface area contributed by atoms with E-state index in [0.29, 0.717) is 5.75 Å². The predicted molar refractivity (Wildman–Crippen MR) is 104 cm³/mol. The second kappa shape index (κ2) is 7.16. The molecule has 0 saturated heterocycles. The van der Waals surface area contributed by atoms with Crippen molar-refractivity contribution in [3.63, 3.8) is 0 Å². The van der Waals surface area contributed by atoms with Crippen LogP contribution < -0.4 is 10.1 Å². The normalized spacial score (nSPS) is 17.0. The van der Waals surface area contributed by atoms with Gasteiger partial charge < -0.3 is 10.1 Å². The number of nitrogens with zero attached hydrogens (tertiary/aromatic N) is 2. The number of benzene rings is 2. The summed E-state index contributed by atoms with van der Waals surface area (Å²) in [5.74, 6) is 0.0153. The smallest absolute Gasteiger partial charge is 0.165 e. The van der Waals surface area contributed by atoms with Gasteiger partial charge in [0.1, 0.15) is 0 Å². The zero-order chi connectivity index (χ0) is 19.0. The molecule has 0 spiro atoms. The van der Waals surface area contributed by atoms with Gasteiger partial charge in [-0.2, -0.15) is 5.10 Å². The number of hydrogen-bond donors (Lipinski definition) is 1. The number of rotatable bonds is 5. The van der Waals surface area contributed by atoms with Crippen LogP contribution in [0, 0.1) is 5.82 Å². The zero-order valence-electron chi connectivity index (χ0n) is 15.9. The Morgan fingerprint density at radius 2 is 2.00 bits per heavy atom. The van der Waals surface area contributed by atoms with Gasteiger partial charge in [-0.1, -0.05) is 30.3 Å². The van der Waals surface area contributed by atoms with Crippen LogP contribution >= 0.6 is 0 Å². The number of hydrogen-bond acceptors (Lipinski definition) is 3. The predicted octanol–water partition coefficient (Wildman–Crippen LogP) is 4.57. The lowest BCUT2D eigenvalue weighted by molar-refractivity contribution is 0.384. The molecule has 3 aromatic rings. The lowest BCUT2D eigenvalue weighted by Crippen LogP contribution is -2.23. The Kier molecular flexibility index (Phi) is 4.70. The van der Waals surface area contributed by atoms with Crippen LogP contribution in [0.1, 0.15) is 42.2 Å². The first-order chi connectivity index (χ1) is 13.1. The van der Waals surface area contributed by atoms with Gasteiger partial charge in [-0.3, -0.25) is 4.68 Å². The summed E-state index contributed by atoms with van der Waals surface area (Å²) in [6.45, 7) is 2.12. The van der Waals surface area contributed by atoms with E-state index in [1.165, 1.54) is 7.11 Å². The number of fused-ring (bicyclic) bond motifs is 1. The molecule has 0 aliphatic heterocycles. The fourth-order valence-electron chi connectivity index (χ4n) is 3.90. The summed E-state index contributed by atoms with van der Waals surface area (Å²) in [7, 11) is 3.47. The van der Waals surface area contributed by atoms with Crippen molar-refractivity contribution in [1.29, 1.82) is 0 Å². The Bertz CT molecular complexity index is 952. The number of halogens is 1. The molecule has 1 aliphatic rings. The SMILES string of the molecule is COc1cc2c(cc1F)CCC2NC(C)c1cc(-c2ccccc2)n(C)n1. The lowest BCUT2D eigenvalue weighted by atomic mass is 10.1. The van der Waals surface area contributed by atoms with Gasteiger partial charge in [0.25, 0.3) is 0 Å². The molecule has 2 atom stereocenters. The minimum Gasteiger partial charge on any atom is -0.494 e. The Morgan fingerprint density at radius 1 is 1.22 bits per heavy atom. The number of aromatic nitrogens is 2. The topological polar surface area (TPSA) is 39.1 Å². The first-order valence-electron chi connectivity index (χ1n) is 9.28. The van der Waals surface area contributed by atoms with Crippen LogP contribution in [0.5, 0.6) is 5.75 Å². The first-order valence-corrected chi connectivity index (χ1v) is 9.28. The molecule has 1 aliphatic carbocycles. The number of ether oxygens (including phenoxy) is 1. The van der Waals surface area contributed by atoms with Gasteiger partial charge in [0.2, 0.25) is 0 Å². The molecule has 2 unspecified atom stereocenters. The van der Waals surface area contributed by atoms with E-state index in [9.17, 15) is 4.39 Å². The highest BCUT2D eigenvalue weighted by Crippen LogP contribution is 2.37. The summed E-state index contributed by atoms with van der Waals surface area (Å²) in [5.41, 5.74) is 5.43. The summed E-state index contributed by atoms with van der Waals surface area (Å²) in [4.78, 5) is 0. The Balaban J connectivity index is 1.56. The van der Waals surface area contributed by atoms with Crippen molar-refractivity contribution < 1.29 is 9.13 Å². The lowest BCUT2D eigenvalue weighted by Gasteiger charge is -2.19. The molecular weight excluding hydrogens is 341 g/mol. The van der Waals surface area contributed by atoms with E-state index in [1.807, 2.05) is 36.0 Å². The van der Waals surface area contributed by atoms with E-state index in [-0.39, 0.29) is 17.9 Å². The molecule has 1 heterocycles. The molecule has 27 heavy (non-hydrogen) atoms. The van der Waals surface area contributed by atoms with E-state index >= 15 is 0 Å². The van der Waals surface area contributed by atoms with Gasteiger partial charge in [0.05, 0.1) is 18.5 Å². The van der Waals surface area contributed by atoms with Crippen LogP contribution in [0.2, 0.25) is 0 Å². The molecule has 0 saturated carbocycles. The maximum Gasteiger partial charge on any atom is 0.165 e. The molecule has 140 valence electrons. The maximum atomic E-state index is 14.0. The fourth-order valence-corrected chi connectivity index (χ4v) is 3.90. The molecule has 1 aromatic heterocycles. The van der Waals surface area contributed by atoms with Crippen LogP contribution in [0.25, 0.3) is 11.3 Å². The van der Waals surface area contributed by atoms with Gasteiger partial charge in [0.15, 0.2) is 11.6 Å². The minimum atomic E-state index is -0.290. The van der Waals surface area contributed by atoms with E-state index < -0.39 is 0 Å². The molecule has 4 nitrogen and oxygen atoms in total.